The molecule has 2 N–H and O–H groups in total. The highest BCUT2D eigenvalue weighted by atomic mass is 35.5. The molecule has 1 heterocycles. The van der Waals surface area contributed by atoms with Crippen molar-refractivity contribution in [3.05, 3.63) is 71.4 Å². The van der Waals surface area contributed by atoms with Gasteiger partial charge in [0.2, 0.25) is 0 Å². The fourth-order valence-corrected chi connectivity index (χ4v) is 2.94. The Morgan fingerprint density at radius 2 is 1.87 bits per heavy atom. The molecule has 3 aromatic rings. The summed E-state index contributed by atoms with van der Waals surface area (Å²) in [6, 6.07) is 15.6. The minimum Gasteiger partial charge on any atom is -0.495 e. The van der Waals surface area contributed by atoms with Crippen LogP contribution in [-0.2, 0) is 4.79 Å². The lowest BCUT2D eigenvalue weighted by Gasteiger charge is -2.09. The fraction of sp³-hybridized carbons (Fsp3) is 0.136. The van der Waals surface area contributed by atoms with Gasteiger partial charge in [0.25, 0.3) is 11.8 Å². The molecule has 0 aliphatic rings. The van der Waals surface area contributed by atoms with Gasteiger partial charge in [0, 0.05) is 24.4 Å². The van der Waals surface area contributed by atoms with Crippen LogP contribution in [0.3, 0.4) is 0 Å². The van der Waals surface area contributed by atoms with Gasteiger partial charge >= 0.3 is 0 Å². The zero-order valence-corrected chi connectivity index (χ0v) is 17.2. The van der Waals surface area contributed by atoms with Crippen molar-refractivity contribution in [1.29, 1.82) is 0 Å². The number of methoxy groups -OCH3 is 1. The second-order valence-electron chi connectivity index (χ2n) is 6.23. The van der Waals surface area contributed by atoms with Crippen LogP contribution in [-0.4, -0.2) is 37.6 Å². The van der Waals surface area contributed by atoms with Crippen molar-refractivity contribution in [2.24, 2.45) is 0 Å². The highest BCUT2D eigenvalue weighted by molar-refractivity contribution is 6.32. The first-order valence-corrected chi connectivity index (χ1v) is 9.42. The zero-order valence-electron chi connectivity index (χ0n) is 16.4. The normalized spacial score (nSPS) is 10.2. The Bertz CT molecular complexity index is 1050. The number of nitrogens with zero attached hydrogens (tertiary/aromatic N) is 1. The van der Waals surface area contributed by atoms with Gasteiger partial charge in [0.1, 0.15) is 17.3 Å². The number of carbonyl (C=O) groups is 2. The molecule has 0 spiro atoms. The number of hydrogen-bond acceptors (Lipinski definition) is 5. The van der Waals surface area contributed by atoms with Gasteiger partial charge in [-0.25, -0.2) is 4.98 Å². The SMILES string of the molecule is CNC(=O)c1cccc(OCC(=O)Nc2ccc(-c3ccc(OC)c(Cl)c3)cn2)c1. The lowest BCUT2D eigenvalue weighted by molar-refractivity contribution is -0.118. The van der Waals surface area contributed by atoms with Gasteiger partial charge in [-0.2, -0.15) is 0 Å². The van der Waals surface area contributed by atoms with Crippen molar-refractivity contribution in [2.45, 2.75) is 0 Å². The quantitative estimate of drug-likeness (QED) is 0.601. The molecule has 0 fully saturated rings. The minimum atomic E-state index is -0.368. The van der Waals surface area contributed by atoms with E-state index in [-0.39, 0.29) is 18.4 Å². The summed E-state index contributed by atoms with van der Waals surface area (Å²) in [5.41, 5.74) is 2.18. The van der Waals surface area contributed by atoms with Gasteiger partial charge in [-0.3, -0.25) is 9.59 Å². The predicted molar refractivity (Wildman–Crippen MR) is 115 cm³/mol. The maximum absolute atomic E-state index is 12.1. The number of benzene rings is 2. The number of pyridine rings is 1. The maximum atomic E-state index is 12.1. The summed E-state index contributed by atoms with van der Waals surface area (Å²) >= 11 is 6.16. The van der Waals surface area contributed by atoms with Gasteiger partial charge in [0.05, 0.1) is 12.1 Å². The number of aromatic nitrogens is 1. The van der Waals surface area contributed by atoms with E-state index in [0.717, 1.165) is 11.1 Å². The molecular formula is C22H20ClN3O4. The summed E-state index contributed by atoms with van der Waals surface area (Å²) in [6.45, 7) is -0.214. The van der Waals surface area contributed by atoms with Gasteiger partial charge in [0.15, 0.2) is 6.61 Å². The second kappa shape index (κ2) is 9.76. The van der Waals surface area contributed by atoms with E-state index in [2.05, 4.69) is 15.6 Å². The Kier molecular flexibility index (Phi) is 6.87. The molecule has 0 unspecified atom stereocenters. The molecule has 0 saturated carbocycles. The van der Waals surface area contributed by atoms with E-state index >= 15 is 0 Å². The van der Waals surface area contributed by atoms with Crippen LogP contribution in [0.1, 0.15) is 10.4 Å². The maximum Gasteiger partial charge on any atom is 0.263 e. The lowest BCUT2D eigenvalue weighted by atomic mass is 10.1. The summed E-state index contributed by atoms with van der Waals surface area (Å²) in [4.78, 5) is 28.1. The van der Waals surface area contributed by atoms with E-state index in [1.807, 2.05) is 12.1 Å². The molecule has 2 amide bonds. The van der Waals surface area contributed by atoms with E-state index in [4.69, 9.17) is 21.1 Å². The van der Waals surface area contributed by atoms with Gasteiger partial charge < -0.3 is 20.1 Å². The summed E-state index contributed by atoms with van der Waals surface area (Å²) < 4.78 is 10.6. The first kappa shape index (κ1) is 21.1. The monoisotopic (exact) mass is 425 g/mol. The highest BCUT2D eigenvalue weighted by Crippen LogP contribution is 2.30. The van der Waals surface area contributed by atoms with Crippen LogP contribution in [0.25, 0.3) is 11.1 Å². The van der Waals surface area contributed by atoms with E-state index < -0.39 is 0 Å². The molecule has 7 nitrogen and oxygen atoms in total. The fourth-order valence-electron chi connectivity index (χ4n) is 2.68. The third kappa shape index (κ3) is 5.27. The van der Waals surface area contributed by atoms with Crippen LogP contribution in [0.4, 0.5) is 5.82 Å². The molecular weight excluding hydrogens is 406 g/mol. The summed E-state index contributed by atoms with van der Waals surface area (Å²) in [7, 11) is 3.10. The molecule has 30 heavy (non-hydrogen) atoms. The van der Waals surface area contributed by atoms with Crippen molar-refractivity contribution < 1.29 is 19.1 Å². The van der Waals surface area contributed by atoms with Gasteiger partial charge in [-0.05, 0) is 48.0 Å². The molecule has 0 saturated heterocycles. The number of halogens is 1. The molecule has 0 aliphatic heterocycles. The number of anilines is 1. The van der Waals surface area contributed by atoms with Crippen LogP contribution in [0.15, 0.2) is 60.8 Å². The van der Waals surface area contributed by atoms with Crippen LogP contribution in [0, 0.1) is 0 Å². The first-order valence-electron chi connectivity index (χ1n) is 9.05. The van der Waals surface area contributed by atoms with Gasteiger partial charge in [-0.1, -0.05) is 23.7 Å². The predicted octanol–water partition coefficient (Wildman–Crippen LogP) is 3.79. The topological polar surface area (TPSA) is 89.5 Å². The Balaban J connectivity index is 1.58. The van der Waals surface area contributed by atoms with E-state index in [1.54, 1.807) is 62.8 Å². The molecule has 154 valence electrons. The first-order chi connectivity index (χ1) is 14.5. The number of hydrogen-bond donors (Lipinski definition) is 2. The van der Waals surface area contributed by atoms with Crippen molar-refractivity contribution >= 4 is 29.2 Å². The van der Waals surface area contributed by atoms with Crippen molar-refractivity contribution in [3.63, 3.8) is 0 Å². The Labute approximate surface area is 179 Å². The van der Waals surface area contributed by atoms with Crippen LogP contribution in [0.5, 0.6) is 11.5 Å². The molecule has 0 radical (unpaired) electrons. The standard InChI is InChI=1S/C22H20ClN3O4/c1-24-22(28)15-4-3-5-17(10-15)30-13-21(27)26-20-9-7-16(12-25-20)14-6-8-19(29-2)18(23)11-14/h3-12H,13H2,1-2H3,(H,24,28)(H,25,26,27). The summed E-state index contributed by atoms with van der Waals surface area (Å²) in [5, 5.41) is 5.71. The average Bonchev–Trinajstić information content (AvgIpc) is 2.78. The Morgan fingerprint density at radius 3 is 2.53 bits per heavy atom. The van der Waals surface area contributed by atoms with Crippen molar-refractivity contribution in [2.75, 3.05) is 26.1 Å². The summed E-state index contributed by atoms with van der Waals surface area (Å²) in [5.74, 6) is 0.815. The molecule has 0 aliphatic carbocycles. The third-order valence-electron chi connectivity index (χ3n) is 4.21. The van der Waals surface area contributed by atoms with Crippen LogP contribution >= 0.6 is 11.6 Å². The Morgan fingerprint density at radius 1 is 1.07 bits per heavy atom. The summed E-state index contributed by atoms with van der Waals surface area (Å²) in [6.07, 6.45) is 1.64. The minimum absolute atomic E-state index is 0.214. The lowest BCUT2D eigenvalue weighted by Crippen LogP contribution is -2.21. The molecule has 0 atom stereocenters. The van der Waals surface area contributed by atoms with Gasteiger partial charge in [-0.15, -0.1) is 0 Å². The largest absolute Gasteiger partial charge is 0.495 e. The molecule has 0 bridgehead atoms. The van der Waals surface area contributed by atoms with Crippen molar-refractivity contribution in [1.82, 2.24) is 10.3 Å². The number of nitrogens with one attached hydrogen (secondary N) is 2. The second-order valence-corrected chi connectivity index (χ2v) is 6.63. The van der Waals surface area contributed by atoms with E-state index in [9.17, 15) is 9.59 Å². The van der Waals surface area contributed by atoms with E-state index in [1.165, 1.54) is 0 Å². The molecule has 8 heteroatoms. The Hall–Kier alpha value is -3.58. The highest BCUT2D eigenvalue weighted by Gasteiger charge is 2.09. The molecule has 2 aromatic carbocycles. The zero-order chi connectivity index (χ0) is 21.5. The van der Waals surface area contributed by atoms with Crippen molar-refractivity contribution in [3.8, 4) is 22.6 Å². The molecule has 3 rings (SSSR count). The average molecular weight is 426 g/mol. The number of rotatable bonds is 7. The third-order valence-corrected chi connectivity index (χ3v) is 4.50. The van der Waals surface area contributed by atoms with E-state index in [0.29, 0.717) is 27.9 Å². The molecule has 1 aromatic heterocycles. The smallest absolute Gasteiger partial charge is 0.263 e. The van der Waals surface area contributed by atoms with Crippen LogP contribution < -0.4 is 20.1 Å². The number of amides is 2. The number of ether oxygens (including phenoxy) is 2. The van der Waals surface area contributed by atoms with Crippen LogP contribution in [0.2, 0.25) is 5.02 Å². The number of carbonyl (C=O) groups excluding carboxylic acids is 2.